The van der Waals surface area contributed by atoms with E-state index < -0.39 is 11.6 Å². The van der Waals surface area contributed by atoms with Gasteiger partial charge in [0.2, 0.25) is 5.88 Å². The molecule has 1 fully saturated rings. The molecule has 25 heavy (non-hydrogen) atoms. The molecular formula is C18H20F2N4O. The quantitative estimate of drug-likeness (QED) is 0.683. The smallest absolute Gasteiger partial charge is 0.213 e. The van der Waals surface area contributed by atoms with Gasteiger partial charge in [0.25, 0.3) is 0 Å². The van der Waals surface area contributed by atoms with Crippen LogP contribution >= 0.6 is 0 Å². The molecule has 5 nitrogen and oxygen atoms in total. The molecule has 0 radical (unpaired) electrons. The van der Waals surface area contributed by atoms with Crippen LogP contribution in [0.15, 0.2) is 47.6 Å². The summed E-state index contributed by atoms with van der Waals surface area (Å²) in [6.45, 7) is 1.59. The first-order valence-corrected chi connectivity index (χ1v) is 8.13. The van der Waals surface area contributed by atoms with E-state index in [1.807, 2.05) is 23.1 Å². The van der Waals surface area contributed by atoms with Crippen LogP contribution in [0.5, 0.6) is 5.88 Å². The van der Waals surface area contributed by atoms with Crippen LogP contribution in [0.3, 0.4) is 0 Å². The predicted octanol–water partition coefficient (Wildman–Crippen LogP) is 2.59. The van der Waals surface area contributed by atoms with Crippen LogP contribution in [-0.4, -0.2) is 42.1 Å². The second kappa shape index (κ2) is 7.92. The number of nitrogens with zero attached hydrogens (tertiary/aromatic N) is 3. The van der Waals surface area contributed by atoms with Crippen LogP contribution < -0.4 is 10.1 Å². The van der Waals surface area contributed by atoms with Gasteiger partial charge in [-0.25, -0.2) is 13.8 Å². The summed E-state index contributed by atoms with van der Waals surface area (Å²) in [4.78, 5) is 10.4. The Morgan fingerprint density at radius 2 is 2.24 bits per heavy atom. The lowest BCUT2D eigenvalue weighted by Gasteiger charge is -2.21. The van der Waals surface area contributed by atoms with Crippen LogP contribution in [0.4, 0.5) is 8.78 Å². The maximum atomic E-state index is 13.7. The molecule has 0 bridgehead atoms. The van der Waals surface area contributed by atoms with Crippen LogP contribution in [0, 0.1) is 11.6 Å². The van der Waals surface area contributed by atoms with Gasteiger partial charge in [0, 0.05) is 44.4 Å². The van der Waals surface area contributed by atoms with Crippen molar-refractivity contribution >= 4 is 5.96 Å². The lowest BCUT2D eigenvalue weighted by atomic mass is 10.2. The number of rotatable bonds is 4. The highest BCUT2D eigenvalue weighted by molar-refractivity contribution is 5.80. The summed E-state index contributed by atoms with van der Waals surface area (Å²) in [5.74, 6) is 0.329. The molecule has 1 aliphatic rings. The van der Waals surface area contributed by atoms with Gasteiger partial charge in [-0.2, -0.15) is 0 Å². The van der Waals surface area contributed by atoms with Gasteiger partial charge in [-0.3, -0.25) is 4.99 Å². The van der Waals surface area contributed by atoms with Gasteiger partial charge in [-0.05, 0) is 24.3 Å². The average molecular weight is 346 g/mol. The number of halogens is 2. The van der Waals surface area contributed by atoms with E-state index in [1.54, 1.807) is 13.2 Å². The lowest BCUT2D eigenvalue weighted by molar-refractivity contribution is 0.205. The number of ether oxygens (including phenoxy) is 1. The molecule has 0 aliphatic carbocycles. The first-order valence-electron chi connectivity index (χ1n) is 8.13. The molecule has 1 N–H and O–H groups in total. The number of hydrogen-bond acceptors (Lipinski definition) is 3. The summed E-state index contributed by atoms with van der Waals surface area (Å²) < 4.78 is 32.8. The fourth-order valence-electron chi connectivity index (χ4n) is 2.79. The fourth-order valence-corrected chi connectivity index (χ4v) is 2.79. The van der Waals surface area contributed by atoms with Crippen molar-refractivity contribution in [3.63, 3.8) is 0 Å². The number of guanidine groups is 1. The average Bonchev–Trinajstić information content (AvgIpc) is 3.07. The van der Waals surface area contributed by atoms with E-state index in [9.17, 15) is 8.78 Å². The highest BCUT2D eigenvalue weighted by Crippen LogP contribution is 2.16. The number of hydrogen-bond donors (Lipinski definition) is 1. The summed E-state index contributed by atoms with van der Waals surface area (Å²) in [6.07, 6.45) is 2.54. The van der Waals surface area contributed by atoms with E-state index in [2.05, 4.69) is 15.3 Å². The Labute approximate surface area is 145 Å². The first-order chi connectivity index (χ1) is 12.2. The van der Waals surface area contributed by atoms with E-state index in [-0.39, 0.29) is 18.2 Å². The maximum absolute atomic E-state index is 13.7. The Kier molecular flexibility index (Phi) is 5.42. The molecule has 1 unspecified atom stereocenters. The van der Waals surface area contributed by atoms with Gasteiger partial charge >= 0.3 is 0 Å². The second-order valence-corrected chi connectivity index (χ2v) is 5.78. The summed E-state index contributed by atoms with van der Waals surface area (Å²) in [7, 11) is 1.66. The zero-order chi connectivity index (χ0) is 17.6. The number of nitrogens with one attached hydrogen (secondary N) is 1. The largest absolute Gasteiger partial charge is 0.472 e. The topological polar surface area (TPSA) is 49.8 Å². The monoisotopic (exact) mass is 346 g/mol. The summed E-state index contributed by atoms with van der Waals surface area (Å²) in [5, 5.41) is 3.08. The lowest BCUT2D eigenvalue weighted by Crippen LogP contribution is -2.40. The highest BCUT2D eigenvalue weighted by atomic mass is 19.1. The molecule has 1 aromatic heterocycles. The van der Waals surface area contributed by atoms with Crippen molar-refractivity contribution in [2.24, 2.45) is 4.99 Å². The van der Waals surface area contributed by atoms with Crippen molar-refractivity contribution in [2.45, 2.75) is 19.1 Å². The predicted molar refractivity (Wildman–Crippen MR) is 91.4 cm³/mol. The first kappa shape index (κ1) is 17.1. The standard InChI is InChI=1S/C18H20F2N4O/c1-21-18(23-11-13-10-14(19)5-6-16(13)20)24-9-7-15(12-24)25-17-4-2-3-8-22-17/h2-6,8,10,15H,7,9,11-12H2,1H3,(H,21,23). The molecule has 1 aromatic carbocycles. The minimum Gasteiger partial charge on any atom is -0.472 e. The third-order valence-corrected chi connectivity index (χ3v) is 4.03. The number of benzene rings is 1. The zero-order valence-corrected chi connectivity index (χ0v) is 14.0. The van der Waals surface area contributed by atoms with Crippen molar-refractivity contribution in [1.82, 2.24) is 15.2 Å². The van der Waals surface area contributed by atoms with Crippen molar-refractivity contribution in [3.05, 3.63) is 59.8 Å². The van der Waals surface area contributed by atoms with E-state index in [1.165, 1.54) is 6.07 Å². The number of pyridine rings is 1. The molecule has 1 saturated heterocycles. The molecule has 7 heteroatoms. The van der Waals surface area contributed by atoms with Crippen molar-refractivity contribution < 1.29 is 13.5 Å². The molecule has 0 spiro atoms. The molecule has 0 amide bonds. The van der Waals surface area contributed by atoms with Crippen molar-refractivity contribution in [3.8, 4) is 5.88 Å². The number of aromatic nitrogens is 1. The van der Waals surface area contributed by atoms with E-state index in [0.717, 1.165) is 25.1 Å². The van der Waals surface area contributed by atoms with Gasteiger partial charge < -0.3 is 15.0 Å². The normalized spacial score (nSPS) is 17.6. The Hall–Kier alpha value is -2.70. The van der Waals surface area contributed by atoms with E-state index in [4.69, 9.17) is 4.74 Å². The molecule has 2 aromatic rings. The third-order valence-electron chi connectivity index (χ3n) is 4.03. The maximum Gasteiger partial charge on any atom is 0.213 e. The Morgan fingerprint density at radius 1 is 1.36 bits per heavy atom. The van der Waals surface area contributed by atoms with Crippen molar-refractivity contribution in [2.75, 3.05) is 20.1 Å². The molecule has 1 atom stereocenters. The Morgan fingerprint density at radius 3 is 3.00 bits per heavy atom. The summed E-state index contributed by atoms with van der Waals surface area (Å²) >= 11 is 0. The van der Waals surface area contributed by atoms with E-state index in [0.29, 0.717) is 18.4 Å². The number of likely N-dealkylation sites (tertiary alicyclic amines) is 1. The third kappa shape index (κ3) is 4.43. The Balaban J connectivity index is 1.56. The van der Waals surface area contributed by atoms with Gasteiger partial charge in [0.1, 0.15) is 17.7 Å². The van der Waals surface area contributed by atoms with Gasteiger partial charge in [-0.1, -0.05) is 6.07 Å². The Bertz CT molecular complexity index is 739. The molecule has 132 valence electrons. The molecule has 3 rings (SSSR count). The molecule has 1 aliphatic heterocycles. The zero-order valence-electron chi connectivity index (χ0n) is 14.0. The number of aliphatic imine (C=N–C) groups is 1. The van der Waals surface area contributed by atoms with Gasteiger partial charge in [0.05, 0.1) is 6.54 Å². The minimum absolute atomic E-state index is 0.0133. The van der Waals surface area contributed by atoms with Crippen LogP contribution in [0.25, 0.3) is 0 Å². The molecule has 2 heterocycles. The van der Waals surface area contributed by atoms with Crippen LogP contribution in [0.2, 0.25) is 0 Å². The van der Waals surface area contributed by atoms with Crippen molar-refractivity contribution in [1.29, 1.82) is 0 Å². The fraction of sp³-hybridized carbons (Fsp3) is 0.333. The van der Waals surface area contributed by atoms with Crippen LogP contribution in [0.1, 0.15) is 12.0 Å². The molecular weight excluding hydrogens is 326 g/mol. The molecule has 0 saturated carbocycles. The van der Waals surface area contributed by atoms with E-state index >= 15 is 0 Å². The highest BCUT2D eigenvalue weighted by Gasteiger charge is 2.26. The second-order valence-electron chi connectivity index (χ2n) is 5.78. The van der Waals surface area contributed by atoms with Gasteiger partial charge in [-0.15, -0.1) is 0 Å². The summed E-state index contributed by atoms with van der Waals surface area (Å²) in [5.41, 5.74) is 0.265. The van der Waals surface area contributed by atoms with Crippen LogP contribution in [-0.2, 0) is 6.54 Å². The minimum atomic E-state index is -0.460. The summed E-state index contributed by atoms with van der Waals surface area (Å²) in [6, 6.07) is 8.96. The van der Waals surface area contributed by atoms with Gasteiger partial charge in [0.15, 0.2) is 5.96 Å². The SMILES string of the molecule is CN=C(NCc1cc(F)ccc1F)N1CCC(Oc2ccccn2)C1.